The average Bonchev–Trinajstić information content (AvgIpc) is 2.94. The van der Waals surface area contributed by atoms with Crippen molar-refractivity contribution in [3.63, 3.8) is 0 Å². The Labute approximate surface area is 153 Å². The van der Waals surface area contributed by atoms with Crippen molar-refractivity contribution in [2.24, 2.45) is 12.0 Å². The number of hydrogen-bond acceptors (Lipinski definition) is 4. The Morgan fingerprint density at radius 2 is 1.96 bits per heavy atom. The maximum atomic E-state index is 12.2. The lowest BCUT2D eigenvalue weighted by Gasteiger charge is -2.01. The van der Waals surface area contributed by atoms with Crippen LogP contribution in [0.15, 0.2) is 47.5 Å². The summed E-state index contributed by atoms with van der Waals surface area (Å²) in [5.41, 5.74) is 3.91. The molecule has 1 amide bonds. The van der Waals surface area contributed by atoms with Gasteiger partial charge >= 0.3 is 0 Å². The maximum Gasteiger partial charge on any atom is 0.272 e. The van der Waals surface area contributed by atoms with Crippen LogP contribution in [0.3, 0.4) is 0 Å². The van der Waals surface area contributed by atoms with Gasteiger partial charge < -0.3 is 4.57 Å². The molecule has 0 aliphatic carbocycles. The van der Waals surface area contributed by atoms with Crippen molar-refractivity contribution < 1.29 is 9.72 Å². The van der Waals surface area contributed by atoms with Crippen LogP contribution >= 0.6 is 11.3 Å². The van der Waals surface area contributed by atoms with Crippen LogP contribution in [-0.4, -0.2) is 15.4 Å². The number of non-ortho nitro benzene ring substituents is 1. The third-order valence-electron chi connectivity index (χ3n) is 4.05. The topological polar surface area (TPSA) is 77.5 Å². The smallest absolute Gasteiger partial charge is 0.272 e. The molecule has 3 rings (SSSR count). The molecule has 7 heteroatoms. The molecule has 1 heterocycles. The molecule has 3 aromatic rings. The summed E-state index contributed by atoms with van der Waals surface area (Å²) in [4.78, 5) is 27.3. The Kier molecular flexibility index (Phi) is 4.81. The van der Waals surface area contributed by atoms with E-state index in [4.69, 9.17) is 0 Å². The average molecular weight is 367 g/mol. The number of thiazole rings is 1. The predicted octanol–water partition coefficient (Wildman–Crippen LogP) is 3.91. The van der Waals surface area contributed by atoms with E-state index in [9.17, 15) is 14.9 Å². The van der Waals surface area contributed by atoms with E-state index in [2.05, 4.69) is 17.1 Å². The van der Waals surface area contributed by atoms with Crippen LogP contribution in [0.2, 0.25) is 0 Å². The summed E-state index contributed by atoms with van der Waals surface area (Å²) in [7, 11) is 1.89. The third-order valence-corrected chi connectivity index (χ3v) is 5.32. The summed E-state index contributed by atoms with van der Waals surface area (Å²) in [6.45, 7) is 4.06. The number of amides is 1. The van der Waals surface area contributed by atoms with Crippen molar-refractivity contribution in [1.82, 2.24) is 4.57 Å². The van der Waals surface area contributed by atoms with Crippen LogP contribution in [0.4, 0.5) is 5.69 Å². The molecule has 0 atom stereocenters. The second-order valence-corrected chi connectivity index (χ2v) is 6.93. The van der Waals surface area contributed by atoms with Gasteiger partial charge in [0.2, 0.25) is 0 Å². The lowest BCUT2D eigenvalue weighted by molar-refractivity contribution is -0.384. The van der Waals surface area contributed by atoms with Crippen molar-refractivity contribution in [3.8, 4) is 0 Å². The number of fused-ring (bicyclic) bond motifs is 1. The van der Waals surface area contributed by atoms with Crippen LogP contribution in [0.25, 0.3) is 16.3 Å². The monoisotopic (exact) mass is 367 g/mol. The zero-order valence-electron chi connectivity index (χ0n) is 14.6. The summed E-state index contributed by atoms with van der Waals surface area (Å²) < 4.78 is 3.03. The lowest BCUT2D eigenvalue weighted by Crippen LogP contribution is -2.12. The Morgan fingerprint density at radius 1 is 1.23 bits per heavy atom. The molecule has 0 fully saturated rings. The molecule has 2 aromatic carbocycles. The molecule has 26 heavy (non-hydrogen) atoms. The molecule has 0 spiro atoms. The minimum absolute atomic E-state index is 0.0154. The van der Waals surface area contributed by atoms with Crippen molar-refractivity contribution in [1.29, 1.82) is 0 Å². The molecule has 0 unspecified atom stereocenters. The van der Waals surface area contributed by atoms with Crippen LogP contribution in [0, 0.1) is 24.0 Å². The van der Waals surface area contributed by atoms with E-state index >= 15 is 0 Å². The van der Waals surface area contributed by atoms with Crippen molar-refractivity contribution >= 4 is 39.2 Å². The molecule has 132 valence electrons. The van der Waals surface area contributed by atoms with Gasteiger partial charge in [-0.2, -0.15) is 4.99 Å². The number of nitrogens with zero attached hydrogens (tertiary/aromatic N) is 3. The van der Waals surface area contributed by atoms with Crippen molar-refractivity contribution in [2.45, 2.75) is 13.8 Å². The van der Waals surface area contributed by atoms with Gasteiger partial charge in [-0.1, -0.05) is 35.6 Å². The van der Waals surface area contributed by atoms with E-state index in [1.165, 1.54) is 35.6 Å². The zero-order valence-corrected chi connectivity index (χ0v) is 15.4. The maximum absolute atomic E-state index is 12.2. The SMILES string of the molecule is Cc1ccc(C)c2c1sc(=NC(=O)/C=C/c1cccc([N+](=O)[O-])c1)n2C. The van der Waals surface area contributed by atoms with Gasteiger partial charge in [-0.3, -0.25) is 14.9 Å². The molecule has 0 bridgehead atoms. The van der Waals surface area contributed by atoms with E-state index in [1.54, 1.807) is 12.1 Å². The number of aromatic nitrogens is 1. The standard InChI is InChI=1S/C19H17N3O3S/c1-12-7-8-13(2)18-17(12)21(3)19(26-18)20-16(23)10-9-14-5-4-6-15(11-14)22(24)25/h4-11H,1-3H3/b10-9+,20-19?. The molecule has 0 N–H and O–H groups in total. The minimum Gasteiger partial charge on any atom is -0.319 e. The molecule has 0 aliphatic rings. The summed E-state index contributed by atoms with van der Waals surface area (Å²) in [6.07, 6.45) is 2.85. The third kappa shape index (κ3) is 3.48. The Hall–Kier alpha value is -3.06. The molecule has 6 nitrogen and oxygen atoms in total. The largest absolute Gasteiger partial charge is 0.319 e. The fourth-order valence-electron chi connectivity index (χ4n) is 2.71. The molecule has 0 saturated heterocycles. The van der Waals surface area contributed by atoms with Gasteiger partial charge in [0.25, 0.3) is 11.6 Å². The molecule has 0 saturated carbocycles. The van der Waals surface area contributed by atoms with Gasteiger partial charge in [-0.15, -0.1) is 0 Å². The van der Waals surface area contributed by atoms with Crippen molar-refractivity contribution in [2.75, 3.05) is 0 Å². The van der Waals surface area contributed by atoms with Gasteiger partial charge in [0.05, 0.1) is 15.1 Å². The molecular weight excluding hydrogens is 350 g/mol. The van der Waals surface area contributed by atoms with Gasteiger partial charge in [-0.25, -0.2) is 0 Å². The Bertz CT molecular complexity index is 1120. The fourth-order valence-corrected chi connectivity index (χ4v) is 3.88. The Balaban J connectivity index is 1.95. The van der Waals surface area contributed by atoms with Gasteiger partial charge in [0.15, 0.2) is 4.80 Å². The number of aryl methyl sites for hydroxylation is 3. The predicted molar refractivity (Wildman–Crippen MR) is 103 cm³/mol. The highest BCUT2D eigenvalue weighted by Gasteiger charge is 2.09. The van der Waals surface area contributed by atoms with E-state index in [1.807, 2.05) is 25.5 Å². The first-order valence-corrected chi connectivity index (χ1v) is 8.75. The number of nitro groups is 1. The van der Waals surface area contributed by atoms with Crippen LogP contribution in [0.1, 0.15) is 16.7 Å². The highest BCUT2D eigenvalue weighted by atomic mass is 32.1. The summed E-state index contributed by atoms with van der Waals surface area (Å²) in [6, 6.07) is 10.2. The van der Waals surface area contributed by atoms with E-state index in [-0.39, 0.29) is 5.69 Å². The minimum atomic E-state index is -0.467. The molecular formula is C19H17N3O3S. The number of rotatable bonds is 3. The highest BCUT2D eigenvalue weighted by Crippen LogP contribution is 2.24. The second kappa shape index (κ2) is 7.05. The Morgan fingerprint density at radius 3 is 2.65 bits per heavy atom. The summed E-state index contributed by atoms with van der Waals surface area (Å²) in [5, 5.41) is 10.8. The van der Waals surface area contributed by atoms with Crippen LogP contribution in [-0.2, 0) is 11.8 Å². The van der Waals surface area contributed by atoms with E-state index in [0.29, 0.717) is 10.4 Å². The number of nitro benzene ring substituents is 1. The number of carbonyl (C=O) groups is 1. The van der Waals surface area contributed by atoms with Gasteiger partial charge in [-0.05, 0) is 36.6 Å². The number of benzene rings is 2. The number of hydrogen-bond donors (Lipinski definition) is 0. The van der Waals surface area contributed by atoms with Gasteiger partial charge in [0.1, 0.15) is 0 Å². The lowest BCUT2D eigenvalue weighted by atomic mass is 10.1. The van der Waals surface area contributed by atoms with Crippen LogP contribution in [0.5, 0.6) is 0 Å². The summed E-state index contributed by atoms with van der Waals surface area (Å²) in [5.74, 6) is -0.408. The fraction of sp³-hybridized carbons (Fsp3) is 0.158. The normalized spacial score (nSPS) is 12.2. The quantitative estimate of drug-likeness (QED) is 0.400. The zero-order chi connectivity index (χ0) is 18.8. The molecule has 0 radical (unpaired) electrons. The highest BCUT2D eigenvalue weighted by molar-refractivity contribution is 7.16. The van der Waals surface area contributed by atoms with Gasteiger partial charge in [0, 0.05) is 25.3 Å². The first-order chi connectivity index (χ1) is 12.4. The molecule has 0 aliphatic heterocycles. The number of carbonyl (C=O) groups excluding carboxylic acids is 1. The van der Waals surface area contributed by atoms with Crippen LogP contribution < -0.4 is 4.80 Å². The van der Waals surface area contributed by atoms with Crippen molar-refractivity contribution in [3.05, 3.63) is 74.1 Å². The second-order valence-electron chi connectivity index (χ2n) is 5.96. The first-order valence-electron chi connectivity index (χ1n) is 7.94. The first kappa shape index (κ1) is 17.8. The van der Waals surface area contributed by atoms with E-state index < -0.39 is 10.8 Å². The summed E-state index contributed by atoms with van der Waals surface area (Å²) >= 11 is 1.47. The molecule has 1 aromatic heterocycles. The van der Waals surface area contributed by atoms with E-state index in [0.717, 1.165) is 21.3 Å².